The predicted octanol–water partition coefficient (Wildman–Crippen LogP) is 4.14. The maximum atomic E-state index is 13.2. The standard InChI is InChI=1S/C25H29N3O3/c1-18-7-6-8-21(15-18)16-27-11-13-28(14-12-27)25(29)22-9-4-5-10-24(22)30-17-23-19(2)26-31-20(23)3/h4-10,15H,11-14,16-17H2,1-3H3. The van der Waals surface area contributed by atoms with E-state index in [4.69, 9.17) is 9.26 Å². The number of rotatable bonds is 6. The summed E-state index contributed by atoms with van der Waals surface area (Å²) in [5.74, 6) is 1.35. The van der Waals surface area contributed by atoms with Gasteiger partial charge in [0.25, 0.3) is 5.91 Å². The molecule has 2 aromatic carbocycles. The van der Waals surface area contributed by atoms with Crippen LogP contribution < -0.4 is 4.74 Å². The van der Waals surface area contributed by atoms with Crippen LogP contribution in [0.25, 0.3) is 0 Å². The first-order valence-electron chi connectivity index (χ1n) is 10.7. The van der Waals surface area contributed by atoms with E-state index in [0.29, 0.717) is 31.0 Å². The van der Waals surface area contributed by atoms with Gasteiger partial charge in [-0.3, -0.25) is 9.69 Å². The second-order valence-corrected chi connectivity index (χ2v) is 8.14. The molecule has 4 rings (SSSR count). The third-order valence-electron chi connectivity index (χ3n) is 5.82. The molecular formula is C25H29N3O3. The minimum absolute atomic E-state index is 0.0181. The van der Waals surface area contributed by atoms with Crippen LogP contribution in [0.1, 0.15) is 38.5 Å². The molecule has 2 heterocycles. The summed E-state index contributed by atoms with van der Waals surface area (Å²) in [6.07, 6.45) is 0. The number of nitrogens with zero attached hydrogens (tertiary/aromatic N) is 3. The fourth-order valence-corrected chi connectivity index (χ4v) is 3.98. The summed E-state index contributed by atoms with van der Waals surface area (Å²) >= 11 is 0. The third-order valence-corrected chi connectivity index (χ3v) is 5.82. The number of para-hydroxylation sites is 1. The summed E-state index contributed by atoms with van der Waals surface area (Å²) in [5, 5.41) is 3.97. The Labute approximate surface area is 183 Å². The van der Waals surface area contributed by atoms with E-state index in [9.17, 15) is 4.79 Å². The highest BCUT2D eigenvalue weighted by molar-refractivity contribution is 5.97. The van der Waals surface area contributed by atoms with Crippen LogP contribution in [0, 0.1) is 20.8 Å². The highest BCUT2D eigenvalue weighted by Crippen LogP contribution is 2.23. The van der Waals surface area contributed by atoms with E-state index in [2.05, 4.69) is 41.2 Å². The van der Waals surface area contributed by atoms with Crippen molar-refractivity contribution in [3.63, 3.8) is 0 Å². The number of benzene rings is 2. The van der Waals surface area contributed by atoms with Gasteiger partial charge in [-0.15, -0.1) is 0 Å². The second-order valence-electron chi connectivity index (χ2n) is 8.14. The smallest absolute Gasteiger partial charge is 0.257 e. The number of ether oxygens (including phenoxy) is 1. The summed E-state index contributed by atoms with van der Waals surface area (Å²) < 4.78 is 11.2. The Hall–Kier alpha value is -3.12. The Kier molecular flexibility index (Phi) is 6.37. The van der Waals surface area contributed by atoms with Crippen LogP contribution in [0.2, 0.25) is 0 Å². The number of aryl methyl sites for hydroxylation is 3. The number of hydrogen-bond acceptors (Lipinski definition) is 5. The molecule has 3 aromatic rings. The van der Waals surface area contributed by atoms with E-state index < -0.39 is 0 Å². The molecule has 0 unspecified atom stereocenters. The molecule has 6 nitrogen and oxygen atoms in total. The molecule has 0 radical (unpaired) electrons. The second kappa shape index (κ2) is 9.35. The maximum Gasteiger partial charge on any atom is 0.257 e. The van der Waals surface area contributed by atoms with Gasteiger partial charge in [-0.2, -0.15) is 0 Å². The molecule has 162 valence electrons. The SMILES string of the molecule is Cc1cccc(CN2CCN(C(=O)c3ccccc3OCc3c(C)noc3C)CC2)c1. The van der Waals surface area contributed by atoms with Gasteiger partial charge in [0.2, 0.25) is 0 Å². The van der Waals surface area contributed by atoms with Crippen molar-refractivity contribution in [1.82, 2.24) is 15.0 Å². The Balaban J connectivity index is 1.38. The van der Waals surface area contributed by atoms with Gasteiger partial charge >= 0.3 is 0 Å². The lowest BCUT2D eigenvalue weighted by Crippen LogP contribution is -2.48. The normalized spacial score (nSPS) is 14.6. The van der Waals surface area contributed by atoms with Crippen molar-refractivity contribution >= 4 is 5.91 Å². The zero-order chi connectivity index (χ0) is 21.8. The Morgan fingerprint density at radius 1 is 1.03 bits per heavy atom. The van der Waals surface area contributed by atoms with Crippen LogP contribution >= 0.6 is 0 Å². The number of carbonyl (C=O) groups excluding carboxylic acids is 1. The summed E-state index contributed by atoms with van der Waals surface area (Å²) in [4.78, 5) is 17.5. The van der Waals surface area contributed by atoms with Gasteiger partial charge < -0.3 is 14.2 Å². The zero-order valence-corrected chi connectivity index (χ0v) is 18.4. The molecule has 0 spiro atoms. The van der Waals surface area contributed by atoms with Gasteiger partial charge in [-0.25, -0.2) is 0 Å². The topological polar surface area (TPSA) is 58.8 Å². The molecule has 0 saturated carbocycles. The minimum atomic E-state index is 0.0181. The van der Waals surface area contributed by atoms with Crippen molar-refractivity contribution in [3.05, 3.63) is 82.2 Å². The molecule has 1 aliphatic heterocycles. The Bertz CT molecular complexity index is 1030. The highest BCUT2D eigenvalue weighted by atomic mass is 16.5. The van der Waals surface area contributed by atoms with Gasteiger partial charge in [0.05, 0.1) is 16.8 Å². The van der Waals surface area contributed by atoms with E-state index >= 15 is 0 Å². The van der Waals surface area contributed by atoms with Crippen molar-refractivity contribution in [2.24, 2.45) is 0 Å². The van der Waals surface area contributed by atoms with E-state index in [0.717, 1.165) is 36.7 Å². The number of piperazine rings is 1. The quantitative estimate of drug-likeness (QED) is 0.601. The molecule has 31 heavy (non-hydrogen) atoms. The van der Waals surface area contributed by atoms with Gasteiger partial charge in [-0.05, 0) is 38.5 Å². The monoisotopic (exact) mass is 419 g/mol. The van der Waals surface area contributed by atoms with E-state index in [-0.39, 0.29) is 5.91 Å². The van der Waals surface area contributed by atoms with Crippen molar-refractivity contribution in [2.75, 3.05) is 26.2 Å². The van der Waals surface area contributed by atoms with Crippen molar-refractivity contribution in [3.8, 4) is 5.75 Å². The number of aromatic nitrogens is 1. The van der Waals surface area contributed by atoms with E-state index in [1.807, 2.05) is 43.0 Å². The summed E-state index contributed by atoms with van der Waals surface area (Å²) in [5.41, 5.74) is 4.93. The van der Waals surface area contributed by atoms with Gasteiger partial charge in [0, 0.05) is 32.7 Å². The molecule has 1 saturated heterocycles. The lowest BCUT2D eigenvalue weighted by molar-refractivity contribution is 0.0624. The van der Waals surface area contributed by atoms with Crippen LogP contribution in [-0.2, 0) is 13.2 Å². The summed E-state index contributed by atoms with van der Waals surface area (Å²) in [6, 6.07) is 16.1. The lowest BCUT2D eigenvalue weighted by Gasteiger charge is -2.35. The molecule has 0 bridgehead atoms. The lowest BCUT2D eigenvalue weighted by atomic mass is 10.1. The fraction of sp³-hybridized carbons (Fsp3) is 0.360. The molecule has 1 amide bonds. The van der Waals surface area contributed by atoms with Crippen molar-refractivity contribution in [2.45, 2.75) is 33.9 Å². The number of carbonyl (C=O) groups is 1. The molecule has 6 heteroatoms. The predicted molar refractivity (Wildman–Crippen MR) is 119 cm³/mol. The number of amides is 1. The first-order valence-corrected chi connectivity index (χ1v) is 10.7. The van der Waals surface area contributed by atoms with Gasteiger partial charge in [0.1, 0.15) is 18.1 Å². The highest BCUT2D eigenvalue weighted by Gasteiger charge is 2.24. The molecule has 0 aliphatic carbocycles. The largest absolute Gasteiger partial charge is 0.488 e. The average molecular weight is 420 g/mol. The molecule has 1 aliphatic rings. The first-order chi connectivity index (χ1) is 15.0. The summed E-state index contributed by atoms with van der Waals surface area (Å²) in [7, 11) is 0. The summed E-state index contributed by atoms with van der Waals surface area (Å²) in [6.45, 7) is 10.3. The molecule has 0 atom stereocenters. The van der Waals surface area contributed by atoms with Crippen LogP contribution in [0.4, 0.5) is 0 Å². The first kappa shape index (κ1) is 21.1. The average Bonchev–Trinajstić information content (AvgIpc) is 3.10. The molecule has 0 N–H and O–H groups in total. The van der Waals surface area contributed by atoms with Crippen LogP contribution in [0.15, 0.2) is 53.1 Å². The van der Waals surface area contributed by atoms with E-state index in [1.165, 1.54) is 11.1 Å². The van der Waals surface area contributed by atoms with Crippen molar-refractivity contribution in [1.29, 1.82) is 0 Å². The van der Waals surface area contributed by atoms with Crippen LogP contribution in [0.5, 0.6) is 5.75 Å². The van der Waals surface area contributed by atoms with Crippen molar-refractivity contribution < 1.29 is 14.1 Å². The molecule has 1 aromatic heterocycles. The maximum absolute atomic E-state index is 13.2. The third kappa shape index (κ3) is 4.97. The van der Waals surface area contributed by atoms with Gasteiger partial charge in [0.15, 0.2) is 0 Å². The van der Waals surface area contributed by atoms with Gasteiger partial charge in [-0.1, -0.05) is 47.1 Å². The van der Waals surface area contributed by atoms with E-state index in [1.54, 1.807) is 0 Å². The minimum Gasteiger partial charge on any atom is -0.488 e. The Morgan fingerprint density at radius 2 is 1.81 bits per heavy atom. The van der Waals surface area contributed by atoms with Crippen LogP contribution in [0.3, 0.4) is 0 Å². The number of hydrogen-bond donors (Lipinski definition) is 0. The van der Waals surface area contributed by atoms with Crippen LogP contribution in [-0.4, -0.2) is 47.0 Å². The molecule has 1 fully saturated rings. The zero-order valence-electron chi connectivity index (χ0n) is 18.4. The molecular weight excluding hydrogens is 390 g/mol. The Morgan fingerprint density at radius 3 is 2.52 bits per heavy atom. The fourth-order valence-electron chi connectivity index (χ4n) is 3.98.